The molecule has 0 aliphatic carbocycles. The summed E-state index contributed by atoms with van der Waals surface area (Å²) in [6.45, 7) is 10.3. The number of nitrogens with one attached hydrogen (secondary N) is 1. The number of H-pyrrole nitrogens is 1. The zero-order valence-corrected chi connectivity index (χ0v) is 12.8. The van der Waals surface area contributed by atoms with Gasteiger partial charge in [-0.05, 0) is 35.2 Å². The number of rotatable bonds is 2. The van der Waals surface area contributed by atoms with Crippen molar-refractivity contribution in [2.75, 3.05) is 7.05 Å². The molecule has 1 atom stereocenters. The van der Waals surface area contributed by atoms with Crippen LogP contribution in [0, 0.1) is 12.3 Å². The third kappa shape index (κ3) is 2.89. The molecule has 0 bridgehead atoms. The van der Waals surface area contributed by atoms with Crippen molar-refractivity contribution in [3.63, 3.8) is 0 Å². The van der Waals surface area contributed by atoms with Gasteiger partial charge in [-0.15, -0.1) is 0 Å². The fourth-order valence-electron chi connectivity index (χ4n) is 1.48. The summed E-state index contributed by atoms with van der Waals surface area (Å²) in [7, 11) is 1.81. The van der Waals surface area contributed by atoms with Gasteiger partial charge in [0.25, 0.3) is 5.91 Å². The lowest BCUT2D eigenvalue weighted by molar-refractivity contribution is 0.0622. The number of aromatic nitrogens is 2. The largest absolute Gasteiger partial charge is 0.337 e. The van der Waals surface area contributed by atoms with E-state index in [0.29, 0.717) is 5.69 Å². The van der Waals surface area contributed by atoms with E-state index >= 15 is 0 Å². The minimum absolute atomic E-state index is 0.0439. The lowest BCUT2D eigenvalue weighted by atomic mass is 9.87. The molecule has 0 aromatic carbocycles. The molecule has 0 saturated carbocycles. The minimum Gasteiger partial charge on any atom is -0.337 e. The minimum atomic E-state index is -0.0661. The van der Waals surface area contributed by atoms with Crippen LogP contribution in [-0.2, 0) is 0 Å². The van der Waals surface area contributed by atoms with Gasteiger partial charge in [0, 0.05) is 18.8 Å². The molecule has 0 saturated heterocycles. The molecule has 0 unspecified atom stereocenters. The van der Waals surface area contributed by atoms with Crippen LogP contribution in [0.15, 0.2) is 4.47 Å². The molecule has 1 aromatic rings. The lowest BCUT2D eigenvalue weighted by Crippen LogP contribution is -2.43. The van der Waals surface area contributed by atoms with Crippen molar-refractivity contribution in [2.45, 2.75) is 40.7 Å². The van der Waals surface area contributed by atoms with Crippen LogP contribution in [0.5, 0.6) is 0 Å². The van der Waals surface area contributed by atoms with Crippen molar-refractivity contribution >= 4 is 21.8 Å². The summed E-state index contributed by atoms with van der Waals surface area (Å²) in [5.74, 6) is -0.0661. The van der Waals surface area contributed by atoms with Gasteiger partial charge in [0.2, 0.25) is 0 Å². The molecule has 0 aliphatic rings. The Bertz CT molecular complexity index is 420. The maximum atomic E-state index is 12.3. The lowest BCUT2D eigenvalue weighted by Gasteiger charge is -2.35. The van der Waals surface area contributed by atoms with Gasteiger partial charge in [-0.2, -0.15) is 5.10 Å². The first kappa shape index (κ1) is 14.2. The van der Waals surface area contributed by atoms with Crippen LogP contribution in [0.3, 0.4) is 0 Å². The topological polar surface area (TPSA) is 49.0 Å². The summed E-state index contributed by atoms with van der Waals surface area (Å²) < 4.78 is 0.746. The summed E-state index contributed by atoms with van der Waals surface area (Å²) in [4.78, 5) is 14.0. The van der Waals surface area contributed by atoms with Crippen molar-refractivity contribution in [1.82, 2.24) is 15.1 Å². The van der Waals surface area contributed by atoms with Crippen LogP contribution >= 0.6 is 15.9 Å². The van der Waals surface area contributed by atoms with E-state index in [9.17, 15) is 4.79 Å². The number of aromatic amines is 1. The van der Waals surface area contributed by atoms with Crippen molar-refractivity contribution in [2.24, 2.45) is 5.41 Å². The van der Waals surface area contributed by atoms with Gasteiger partial charge in [-0.1, -0.05) is 20.8 Å². The molecule has 1 amide bonds. The second-order valence-corrected chi connectivity index (χ2v) is 6.26. The SMILES string of the molecule is Cc1[nH]nc(C(=O)N(C)[C@@H](C)C(C)(C)C)c1Br. The van der Waals surface area contributed by atoms with Crippen LogP contribution in [0.25, 0.3) is 0 Å². The molecule has 5 heteroatoms. The smallest absolute Gasteiger partial charge is 0.275 e. The highest BCUT2D eigenvalue weighted by Gasteiger charge is 2.29. The monoisotopic (exact) mass is 301 g/mol. The Morgan fingerprint density at radius 3 is 2.35 bits per heavy atom. The Labute approximate surface area is 111 Å². The van der Waals surface area contributed by atoms with E-state index in [-0.39, 0.29) is 17.4 Å². The average Bonchev–Trinajstić information content (AvgIpc) is 2.55. The molecular formula is C12H20BrN3O. The number of aryl methyl sites for hydroxylation is 1. The number of carbonyl (C=O) groups excluding carboxylic acids is 1. The summed E-state index contributed by atoms with van der Waals surface area (Å²) in [6, 6.07) is 0.138. The summed E-state index contributed by atoms with van der Waals surface area (Å²) in [5, 5.41) is 6.84. The molecule has 0 radical (unpaired) electrons. The zero-order valence-electron chi connectivity index (χ0n) is 11.3. The number of nitrogens with zero attached hydrogens (tertiary/aromatic N) is 2. The first-order valence-corrected chi connectivity index (χ1v) is 6.43. The Hall–Kier alpha value is -0.840. The molecule has 0 fully saturated rings. The number of carbonyl (C=O) groups is 1. The number of amides is 1. The maximum Gasteiger partial charge on any atom is 0.275 e. The Morgan fingerprint density at radius 1 is 1.47 bits per heavy atom. The molecule has 17 heavy (non-hydrogen) atoms. The van der Waals surface area contributed by atoms with Crippen molar-refractivity contribution in [1.29, 1.82) is 0 Å². The summed E-state index contributed by atoms with van der Waals surface area (Å²) in [5.41, 5.74) is 1.36. The Kier molecular flexibility index (Phi) is 4.02. The Balaban J connectivity index is 2.95. The van der Waals surface area contributed by atoms with E-state index in [1.807, 2.05) is 20.9 Å². The van der Waals surface area contributed by atoms with E-state index in [1.54, 1.807) is 4.90 Å². The normalized spacial score (nSPS) is 13.6. The molecule has 1 rings (SSSR count). The van der Waals surface area contributed by atoms with E-state index in [1.165, 1.54) is 0 Å². The van der Waals surface area contributed by atoms with Crippen LogP contribution in [-0.4, -0.2) is 34.1 Å². The van der Waals surface area contributed by atoms with Gasteiger partial charge >= 0.3 is 0 Å². The van der Waals surface area contributed by atoms with Crippen LogP contribution in [0.1, 0.15) is 43.9 Å². The predicted molar refractivity (Wildman–Crippen MR) is 72.0 cm³/mol. The second-order valence-electron chi connectivity index (χ2n) is 5.47. The number of hydrogen-bond acceptors (Lipinski definition) is 2. The van der Waals surface area contributed by atoms with Crippen molar-refractivity contribution in [3.8, 4) is 0 Å². The van der Waals surface area contributed by atoms with Gasteiger partial charge in [-0.3, -0.25) is 9.89 Å². The summed E-state index contributed by atoms with van der Waals surface area (Å²) >= 11 is 3.38. The maximum absolute atomic E-state index is 12.3. The molecular weight excluding hydrogens is 282 g/mol. The first-order chi connectivity index (χ1) is 7.66. The average molecular weight is 302 g/mol. The number of hydrogen-bond donors (Lipinski definition) is 1. The fourth-order valence-corrected chi connectivity index (χ4v) is 1.83. The number of halogens is 1. The van der Waals surface area contributed by atoms with Gasteiger partial charge in [-0.25, -0.2) is 0 Å². The first-order valence-electron chi connectivity index (χ1n) is 5.64. The van der Waals surface area contributed by atoms with E-state index in [0.717, 1.165) is 10.2 Å². The van der Waals surface area contributed by atoms with Crippen LogP contribution < -0.4 is 0 Å². The van der Waals surface area contributed by atoms with Gasteiger partial charge < -0.3 is 4.90 Å². The predicted octanol–water partition coefficient (Wildman–Crippen LogP) is 2.99. The molecule has 1 aromatic heterocycles. The molecule has 1 N–H and O–H groups in total. The third-order valence-electron chi connectivity index (χ3n) is 3.23. The quantitative estimate of drug-likeness (QED) is 0.913. The highest BCUT2D eigenvalue weighted by Crippen LogP contribution is 2.26. The standard InChI is InChI=1S/C12H20BrN3O/c1-7-9(13)10(15-14-7)11(17)16(6)8(2)12(3,4)5/h8H,1-6H3,(H,14,15)/t8-/m0/s1. The van der Waals surface area contributed by atoms with Crippen LogP contribution in [0.4, 0.5) is 0 Å². The Morgan fingerprint density at radius 2 is 2.00 bits per heavy atom. The third-order valence-corrected chi connectivity index (χ3v) is 4.20. The van der Waals surface area contributed by atoms with Crippen molar-refractivity contribution in [3.05, 3.63) is 15.9 Å². The molecule has 1 heterocycles. The molecule has 96 valence electrons. The van der Waals surface area contributed by atoms with E-state index in [2.05, 4.69) is 46.9 Å². The molecule has 0 spiro atoms. The van der Waals surface area contributed by atoms with Gasteiger partial charge in [0.05, 0.1) is 4.47 Å². The second kappa shape index (κ2) is 4.80. The van der Waals surface area contributed by atoms with Gasteiger partial charge in [0.15, 0.2) is 5.69 Å². The fraction of sp³-hybridized carbons (Fsp3) is 0.667. The van der Waals surface area contributed by atoms with Crippen LogP contribution in [0.2, 0.25) is 0 Å². The zero-order chi connectivity index (χ0) is 13.4. The van der Waals surface area contributed by atoms with E-state index in [4.69, 9.17) is 0 Å². The molecule has 4 nitrogen and oxygen atoms in total. The van der Waals surface area contributed by atoms with Crippen molar-refractivity contribution < 1.29 is 4.79 Å². The van der Waals surface area contributed by atoms with Gasteiger partial charge in [0.1, 0.15) is 0 Å². The highest BCUT2D eigenvalue weighted by atomic mass is 79.9. The van der Waals surface area contributed by atoms with E-state index < -0.39 is 0 Å². The molecule has 0 aliphatic heterocycles. The highest BCUT2D eigenvalue weighted by molar-refractivity contribution is 9.10. The summed E-state index contributed by atoms with van der Waals surface area (Å²) in [6.07, 6.45) is 0.